The highest BCUT2D eigenvalue weighted by Gasteiger charge is 2.15. The number of hydrogen-bond acceptors (Lipinski definition) is 7. The molecule has 1 heterocycles. The summed E-state index contributed by atoms with van der Waals surface area (Å²) in [6, 6.07) is 4.30. The molecule has 2 rings (SSSR count). The number of methoxy groups -OCH3 is 1. The molecule has 2 aromatic rings. The number of nitrogen functional groups attached to an aromatic ring is 1. The van der Waals surface area contributed by atoms with Gasteiger partial charge >= 0.3 is 0 Å². The van der Waals surface area contributed by atoms with Gasteiger partial charge in [-0.15, -0.1) is 0 Å². The topological polar surface area (TPSA) is 113 Å². The molecule has 0 aliphatic heterocycles. The second-order valence-electron chi connectivity index (χ2n) is 3.91. The Morgan fingerprint density at radius 2 is 2.10 bits per heavy atom. The van der Waals surface area contributed by atoms with Crippen LogP contribution in [-0.2, 0) is 0 Å². The summed E-state index contributed by atoms with van der Waals surface area (Å²) in [6.07, 6.45) is 1.22. The molecule has 0 aliphatic rings. The summed E-state index contributed by atoms with van der Waals surface area (Å²) in [4.78, 5) is 18.0. The lowest BCUT2D eigenvalue weighted by molar-refractivity contribution is -0.384. The number of non-ortho nitro benzene ring substituents is 1. The van der Waals surface area contributed by atoms with Gasteiger partial charge in [0.2, 0.25) is 5.75 Å². The summed E-state index contributed by atoms with van der Waals surface area (Å²) in [5.41, 5.74) is 6.28. The Morgan fingerprint density at radius 1 is 1.35 bits per heavy atom. The smallest absolute Gasteiger partial charge is 0.273 e. The zero-order chi connectivity index (χ0) is 14.7. The minimum atomic E-state index is -0.502. The standard InChI is InChI=1S/C12H12N4O4/c1-7-3-4-8(16(17)18)5-9(7)20-12-10(19-2)11(13)14-6-15-12/h3-6H,1-2H3,(H2,13,14,15). The summed E-state index contributed by atoms with van der Waals surface area (Å²) in [5.74, 6) is 0.707. The van der Waals surface area contributed by atoms with E-state index in [1.165, 1.54) is 25.6 Å². The molecule has 0 atom stereocenters. The molecule has 1 aromatic carbocycles. The minimum absolute atomic E-state index is 0.0772. The second kappa shape index (κ2) is 5.39. The second-order valence-corrected chi connectivity index (χ2v) is 3.91. The Morgan fingerprint density at radius 3 is 2.75 bits per heavy atom. The molecule has 0 saturated carbocycles. The van der Waals surface area contributed by atoms with E-state index in [0.717, 1.165) is 5.56 Å². The van der Waals surface area contributed by atoms with Gasteiger partial charge in [0.05, 0.1) is 18.1 Å². The lowest BCUT2D eigenvalue weighted by atomic mass is 10.2. The van der Waals surface area contributed by atoms with Gasteiger partial charge in [0.1, 0.15) is 12.1 Å². The van der Waals surface area contributed by atoms with Crippen molar-refractivity contribution in [2.24, 2.45) is 0 Å². The molecule has 20 heavy (non-hydrogen) atoms. The van der Waals surface area contributed by atoms with E-state index in [1.807, 2.05) is 0 Å². The fourth-order valence-electron chi connectivity index (χ4n) is 1.55. The van der Waals surface area contributed by atoms with Crippen LogP contribution < -0.4 is 15.2 Å². The number of nitro groups is 1. The zero-order valence-electron chi connectivity index (χ0n) is 10.9. The van der Waals surface area contributed by atoms with Crippen LogP contribution in [0.15, 0.2) is 24.5 Å². The third kappa shape index (κ3) is 2.58. The van der Waals surface area contributed by atoms with Crippen molar-refractivity contribution < 1.29 is 14.4 Å². The maximum absolute atomic E-state index is 10.8. The van der Waals surface area contributed by atoms with Crippen molar-refractivity contribution in [2.45, 2.75) is 6.92 Å². The lowest BCUT2D eigenvalue weighted by Crippen LogP contribution is -2.01. The number of nitrogens with zero attached hydrogens (tertiary/aromatic N) is 3. The van der Waals surface area contributed by atoms with Crippen LogP contribution in [0.25, 0.3) is 0 Å². The number of anilines is 1. The number of aromatic nitrogens is 2. The fraction of sp³-hybridized carbons (Fsp3) is 0.167. The molecular formula is C12H12N4O4. The quantitative estimate of drug-likeness (QED) is 0.671. The Balaban J connectivity index is 2.42. The predicted molar refractivity (Wildman–Crippen MR) is 70.9 cm³/mol. The van der Waals surface area contributed by atoms with E-state index in [4.69, 9.17) is 15.2 Å². The van der Waals surface area contributed by atoms with Gasteiger partial charge in [0.25, 0.3) is 11.6 Å². The third-order valence-corrected chi connectivity index (χ3v) is 2.59. The van der Waals surface area contributed by atoms with E-state index in [2.05, 4.69) is 9.97 Å². The molecule has 2 N–H and O–H groups in total. The van der Waals surface area contributed by atoms with Crippen molar-refractivity contribution in [1.29, 1.82) is 0 Å². The normalized spacial score (nSPS) is 10.1. The highest BCUT2D eigenvalue weighted by atomic mass is 16.6. The van der Waals surface area contributed by atoms with Gasteiger partial charge in [-0.05, 0) is 18.6 Å². The first-order valence-corrected chi connectivity index (χ1v) is 5.60. The molecule has 0 amide bonds. The zero-order valence-corrected chi connectivity index (χ0v) is 10.9. The van der Waals surface area contributed by atoms with Crippen molar-refractivity contribution in [3.63, 3.8) is 0 Å². The number of nitrogens with two attached hydrogens (primary N) is 1. The first-order chi connectivity index (χ1) is 9.52. The van der Waals surface area contributed by atoms with Gasteiger partial charge in [-0.25, -0.2) is 4.98 Å². The monoisotopic (exact) mass is 276 g/mol. The van der Waals surface area contributed by atoms with Crippen molar-refractivity contribution in [3.05, 3.63) is 40.2 Å². The molecule has 0 aliphatic carbocycles. The average Bonchev–Trinajstić information content (AvgIpc) is 2.41. The molecule has 0 saturated heterocycles. The van der Waals surface area contributed by atoms with Crippen molar-refractivity contribution in [1.82, 2.24) is 9.97 Å². The van der Waals surface area contributed by atoms with E-state index < -0.39 is 4.92 Å². The van der Waals surface area contributed by atoms with Crippen LogP contribution in [-0.4, -0.2) is 22.0 Å². The number of ether oxygens (including phenoxy) is 2. The largest absolute Gasteiger partial charge is 0.489 e. The van der Waals surface area contributed by atoms with E-state index in [1.54, 1.807) is 13.0 Å². The molecule has 0 fully saturated rings. The number of aryl methyl sites for hydroxylation is 1. The molecule has 8 nitrogen and oxygen atoms in total. The molecule has 0 spiro atoms. The van der Waals surface area contributed by atoms with Gasteiger partial charge in [-0.3, -0.25) is 10.1 Å². The van der Waals surface area contributed by atoms with Crippen LogP contribution in [0.4, 0.5) is 11.5 Å². The fourth-order valence-corrected chi connectivity index (χ4v) is 1.55. The summed E-state index contributed by atoms with van der Waals surface area (Å²) in [5, 5.41) is 10.8. The van der Waals surface area contributed by atoms with Crippen molar-refractivity contribution in [2.75, 3.05) is 12.8 Å². The minimum Gasteiger partial charge on any atom is -0.489 e. The van der Waals surface area contributed by atoms with Crippen LogP contribution in [0.1, 0.15) is 5.56 Å². The molecule has 0 unspecified atom stereocenters. The maximum atomic E-state index is 10.8. The Bertz CT molecular complexity index is 660. The van der Waals surface area contributed by atoms with E-state index in [9.17, 15) is 10.1 Å². The Hall–Kier alpha value is -2.90. The number of rotatable bonds is 4. The average molecular weight is 276 g/mol. The summed E-state index contributed by atoms with van der Waals surface area (Å²) in [6.45, 7) is 1.76. The van der Waals surface area contributed by atoms with Gasteiger partial charge in [0.15, 0.2) is 5.82 Å². The number of hydrogen-bond donors (Lipinski definition) is 1. The van der Waals surface area contributed by atoms with Crippen LogP contribution in [0.3, 0.4) is 0 Å². The Kier molecular flexibility index (Phi) is 3.65. The first-order valence-electron chi connectivity index (χ1n) is 5.60. The van der Waals surface area contributed by atoms with Gasteiger partial charge in [-0.1, -0.05) is 0 Å². The number of nitro benzene ring substituents is 1. The van der Waals surface area contributed by atoms with E-state index >= 15 is 0 Å². The maximum Gasteiger partial charge on any atom is 0.273 e. The van der Waals surface area contributed by atoms with Crippen molar-refractivity contribution in [3.8, 4) is 17.4 Å². The van der Waals surface area contributed by atoms with Crippen LogP contribution >= 0.6 is 0 Å². The third-order valence-electron chi connectivity index (χ3n) is 2.59. The molecule has 1 aromatic heterocycles. The van der Waals surface area contributed by atoms with Gasteiger partial charge in [0, 0.05) is 6.07 Å². The van der Waals surface area contributed by atoms with Gasteiger partial charge in [-0.2, -0.15) is 4.98 Å². The van der Waals surface area contributed by atoms with E-state index in [0.29, 0.717) is 5.75 Å². The summed E-state index contributed by atoms with van der Waals surface area (Å²) < 4.78 is 10.6. The van der Waals surface area contributed by atoms with Crippen molar-refractivity contribution >= 4 is 11.5 Å². The molecular weight excluding hydrogens is 264 g/mol. The molecule has 104 valence electrons. The van der Waals surface area contributed by atoms with Crippen LogP contribution in [0, 0.1) is 17.0 Å². The van der Waals surface area contributed by atoms with E-state index in [-0.39, 0.29) is 23.1 Å². The first kappa shape index (κ1) is 13.5. The number of benzene rings is 1. The highest BCUT2D eigenvalue weighted by molar-refractivity contribution is 5.54. The van der Waals surface area contributed by atoms with Crippen LogP contribution in [0.5, 0.6) is 17.4 Å². The Labute approximate surface area is 114 Å². The van der Waals surface area contributed by atoms with Crippen LogP contribution in [0.2, 0.25) is 0 Å². The lowest BCUT2D eigenvalue weighted by Gasteiger charge is -2.11. The summed E-state index contributed by atoms with van der Waals surface area (Å²) >= 11 is 0. The molecule has 8 heteroatoms. The SMILES string of the molecule is COc1c(N)ncnc1Oc1cc([N+](=O)[O-])ccc1C. The predicted octanol–water partition coefficient (Wildman–Crippen LogP) is 2.08. The van der Waals surface area contributed by atoms with Gasteiger partial charge < -0.3 is 15.2 Å². The summed E-state index contributed by atoms with van der Waals surface area (Å²) in [7, 11) is 1.40. The highest BCUT2D eigenvalue weighted by Crippen LogP contribution is 2.35. The molecule has 0 radical (unpaired) electrons. The molecule has 0 bridgehead atoms.